The number of fused-ring (bicyclic) bond motifs is 18. The molecule has 7 aromatic heterocycles. The highest BCUT2D eigenvalue weighted by molar-refractivity contribution is 7.26. The topological polar surface area (TPSA) is 93.1 Å². The summed E-state index contributed by atoms with van der Waals surface area (Å²) in [4.78, 5) is 11.1. The fraction of sp³-hybridized carbons (Fsp3) is 0. The summed E-state index contributed by atoms with van der Waals surface area (Å²) in [5.74, 6) is 1.35. The number of nitriles is 2. The summed E-state index contributed by atoms with van der Waals surface area (Å²) in [5, 5.41) is 33.3. The lowest BCUT2D eigenvalue weighted by atomic mass is 10.0. The largest absolute Gasteiger partial charge is 0.309 e. The molecule has 0 unspecified atom stereocenters. The number of thiophene rings is 2. The molecule has 0 spiro atoms. The molecule has 13 aromatic carbocycles. The highest BCUT2D eigenvalue weighted by atomic mass is 32.1. The van der Waals surface area contributed by atoms with Gasteiger partial charge < -0.3 is 9.13 Å². The van der Waals surface area contributed by atoms with E-state index in [1.54, 1.807) is 22.7 Å². The maximum absolute atomic E-state index is 9.79. The molecular weight excluding hydrogens is 1190 g/mol. The number of para-hydroxylation sites is 4. The van der Waals surface area contributed by atoms with E-state index in [0.717, 1.165) is 138 Å². The molecule has 0 bridgehead atoms. The zero-order valence-corrected chi connectivity index (χ0v) is 51.6. The summed E-state index contributed by atoms with van der Waals surface area (Å²) < 4.78 is 14.1. The number of rotatable bonds is 7. The van der Waals surface area contributed by atoms with Gasteiger partial charge in [-0.1, -0.05) is 127 Å². The molecule has 0 radical (unpaired) electrons. The Morgan fingerprint density at radius 2 is 0.606 bits per heavy atom. The number of hydrogen-bond donors (Lipinski definition) is 0. The van der Waals surface area contributed by atoms with Crippen molar-refractivity contribution in [2.24, 2.45) is 0 Å². The van der Waals surface area contributed by atoms with E-state index < -0.39 is 0 Å². The zero-order valence-electron chi connectivity index (χ0n) is 50.0. The Kier molecular flexibility index (Phi) is 11.2. The van der Waals surface area contributed by atoms with Gasteiger partial charge in [0.15, 0.2) is 0 Å². The summed E-state index contributed by atoms with van der Waals surface area (Å²) in [6.07, 6.45) is 0. The van der Waals surface area contributed by atoms with Crippen molar-refractivity contribution in [3.8, 4) is 68.8 Å². The van der Waals surface area contributed by atoms with Crippen LogP contribution in [0.5, 0.6) is 0 Å². The van der Waals surface area contributed by atoms with Crippen LogP contribution in [0.25, 0.3) is 184 Å². The van der Waals surface area contributed by atoms with Gasteiger partial charge in [0, 0.05) is 106 Å². The first-order chi connectivity index (χ1) is 46.5. The van der Waals surface area contributed by atoms with Gasteiger partial charge in [0.1, 0.15) is 5.82 Å². The third kappa shape index (κ3) is 7.76. The Morgan fingerprint density at radius 3 is 1.04 bits per heavy atom. The van der Waals surface area contributed by atoms with Crippen LogP contribution in [0.3, 0.4) is 0 Å². The Morgan fingerprint density at radius 1 is 0.255 bits per heavy atom. The van der Waals surface area contributed by atoms with E-state index in [4.69, 9.17) is 9.97 Å². The van der Waals surface area contributed by atoms with Crippen molar-refractivity contribution in [2.75, 3.05) is 0 Å². The van der Waals surface area contributed by atoms with Crippen LogP contribution in [0.1, 0.15) is 11.1 Å². The van der Waals surface area contributed by atoms with Gasteiger partial charge in [-0.2, -0.15) is 15.5 Å². The average molecular weight is 1230 g/mol. The summed E-state index contributed by atoms with van der Waals surface area (Å²) in [7, 11) is 0. The molecule has 20 aromatic rings. The molecule has 0 saturated heterocycles. The molecule has 10 heteroatoms. The van der Waals surface area contributed by atoms with Gasteiger partial charge in [0.25, 0.3) is 0 Å². The second kappa shape index (κ2) is 20.0. The predicted molar refractivity (Wildman–Crippen MR) is 391 cm³/mol. The van der Waals surface area contributed by atoms with Gasteiger partial charge in [-0.25, -0.2) is 4.98 Å². The molecule has 434 valence electrons. The summed E-state index contributed by atoms with van der Waals surface area (Å²) in [6.45, 7) is 0. The number of aromatic nitrogens is 6. The molecule has 94 heavy (non-hydrogen) atoms. The maximum atomic E-state index is 9.79. The molecule has 0 N–H and O–H groups in total. The Labute approximate surface area is 544 Å². The molecule has 7 heterocycles. The molecule has 20 rings (SSSR count). The molecule has 0 saturated carbocycles. The molecule has 0 aliphatic carbocycles. The molecule has 0 fully saturated rings. The normalized spacial score (nSPS) is 12.0. The molecular formula is C84H46N8S2. The van der Waals surface area contributed by atoms with Crippen molar-refractivity contribution in [3.05, 3.63) is 290 Å². The quantitative estimate of drug-likeness (QED) is 0.159. The van der Waals surface area contributed by atoms with Crippen LogP contribution in [0.15, 0.2) is 279 Å². The summed E-state index contributed by atoms with van der Waals surface area (Å²) >= 11 is 3.53. The first-order valence-corrected chi connectivity index (χ1v) is 32.9. The van der Waals surface area contributed by atoms with Crippen LogP contribution in [0.2, 0.25) is 0 Å². The molecule has 0 amide bonds. The van der Waals surface area contributed by atoms with Gasteiger partial charge in [-0.15, -0.1) is 22.7 Å². The van der Waals surface area contributed by atoms with Crippen molar-refractivity contribution < 1.29 is 0 Å². The van der Waals surface area contributed by atoms with Crippen molar-refractivity contribution in [2.45, 2.75) is 0 Å². The van der Waals surface area contributed by atoms with E-state index in [0.29, 0.717) is 17.1 Å². The molecule has 0 aliphatic heterocycles. The van der Waals surface area contributed by atoms with E-state index in [2.05, 4.69) is 279 Å². The fourth-order valence-electron chi connectivity index (χ4n) is 15.0. The highest BCUT2D eigenvalue weighted by Gasteiger charge is 2.23. The Hall–Kier alpha value is -12.4. The summed E-state index contributed by atoms with van der Waals surface area (Å²) in [6, 6.07) is 105. The summed E-state index contributed by atoms with van der Waals surface area (Å²) in [5.41, 5.74) is 18.5. The Bertz CT molecular complexity index is 6390. The van der Waals surface area contributed by atoms with Crippen LogP contribution in [0.4, 0.5) is 0 Å². The minimum atomic E-state index is 0.579. The van der Waals surface area contributed by atoms with Crippen LogP contribution in [-0.4, -0.2) is 28.2 Å². The molecule has 0 atom stereocenters. The van der Waals surface area contributed by atoms with Crippen LogP contribution in [-0.2, 0) is 0 Å². The zero-order chi connectivity index (χ0) is 61.9. The highest BCUT2D eigenvalue weighted by Crippen LogP contribution is 2.44. The second-order valence-corrected chi connectivity index (χ2v) is 26.5. The first-order valence-electron chi connectivity index (χ1n) is 31.3. The van der Waals surface area contributed by atoms with E-state index in [1.165, 1.54) is 40.3 Å². The average Bonchev–Trinajstić information content (AvgIpc) is 1.57. The van der Waals surface area contributed by atoms with Crippen molar-refractivity contribution in [1.82, 2.24) is 28.2 Å². The van der Waals surface area contributed by atoms with Gasteiger partial charge >= 0.3 is 0 Å². The van der Waals surface area contributed by atoms with Gasteiger partial charge in [0.2, 0.25) is 5.95 Å². The number of nitrogens with zero attached hydrogens (tertiary/aromatic N) is 8. The van der Waals surface area contributed by atoms with Crippen molar-refractivity contribution >= 4 is 150 Å². The van der Waals surface area contributed by atoms with Crippen molar-refractivity contribution in [1.29, 1.82) is 10.5 Å². The fourth-order valence-corrected chi connectivity index (χ4v) is 17.1. The van der Waals surface area contributed by atoms with Crippen molar-refractivity contribution in [3.63, 3.8) is 0 Å². The minimum absolute atomic E-state index is 0.579. The number of hydrogen-bond acceptors (Lipinski definition) is 6. The third-order valence-electron chi connectivity index (χ3n) is 19.2. The van der Waals surface area contributed by atoms with Crippen LogP contribution >= 0.6 is 22.7 Å². The molecule has 0 aliphatic rings. The lowest BCUT2D eigenvalue weighted by Crippen LogP contribution is -2.07. The lowest BCUT2D eigenvalue weighted by Gasteiger charge is -2.14. The van der Waals surface area contributed by atoms with Gasteiger partial charge in [0.05, 0.1) is 73.1 Å². The minimum Gasteiger partial charge on any atom is -0.309 e. The first kappa shape index (κ1) is 52.3. The van der Waals surface area contributed by atoms with E-state index in [1.807, 2.05) is 30.3 Å². The van der Waals surface area contributed by atoms with E-state index in [9.17, 15) is 10.5 Å². The Balaban J connectivity index is 0.710. The van der Waals surface area contributed by atoms with Crippen LogP contribution in [0, 0.1) is 22.7 Å². The number of benzene rings is 13. The van der Waals surface area contributed by atoms with E-state index >= 15 is 0 Å². The maximum Gasteiger partial charge on any atom is 0.237 e. The smallest absolute Gasteiger partial charge is 0.237 e. The van der Waals surface area contributed by atoms with Gasteiger partial charge in [-0.05, 0) is 168 Å². The third-order valence-corrected chi connectivity index (χ3v) is 21.5. The molecule has 8 nitrogen and oxygen atoms in total. The standard InChI is InChI=1S/C84H46N8S2/c85-47-49-22-34-79-66(38-49)68-44-56(28-36-81(68)93-79)89-71-18-8-4-14-58(71)62-40-52(24-30-75(62)89)54-26-32-77-64(42-54)60-16-6-10-20-73(60)91(77)83-46-70(51-12-2-1-3-13-51)87-84(88-83)92-74-21-11-7-17-61(74)65-43-55(27-33-78(65)92)53-25-31-76-63(41-53)59-15-5-9-19-72(59)90(76)57-29-37-82-69(45-57)67-39-50(48-86)23-35-80(67)94-82/h1-46H. The lowest BCUT2D eigenvalue weighted by molar-refractivity contribution is 0.952. The SMILES string of the molecule is N#Cc1ccc2sc3ccc(-n4c5ccccc5c5cc(-c6ccc7c(c6)c6ccccc6n7-c6cc(-c7ccccc7)nc(-n7c8ccccc8c8cc(-c9ccc%10c(c9)c9ccccc9n%10-c9ccc%10sc%11ccc(C#N)cc%11c%10c9)ccc87)n6)ccc54)cc3c2c1. The second-order valence-electron chi connectivity index (χ2n) is 24.3. The monoisotopic (exact) mass is 1230 g/mol. The van der Waals surface area contributed by atoms with E-state index in [-0.39, 0.29) is 0 Å². The van der Waals surface area contributed by atoms with Gasteiger partial charge in [-0.3, -0.25) is 9.13 Å². The van der Waals surface area contributed by atoms with Crippen LogP contribution < -0.4 is 0 Å². The predicted octanol–water partition coefficient (Wildman–Crippen LogP) is 22.3.